The van der Waals surface area contributed by atoms with Crippen molar-refractivity contribution in [3.8, 4) is 6.07 Å². The average molecular weight is 220 g/mol. The average Bonchev–Trinajstić information content (AvgIpc) is 2.92. The molecule has 0 bridgehead atoms. The molecule has 3 rings (SSSR count). The minimum absolute atomic E-state index is 0.168. The maximum atomic E-state index is 9.68. The number of rotatable bonds is 1. The Balaban J connectivity index is 1.85. The minimum Gasteiger partial charge on any atom is -0.314 e. The summed E-state index contributed by atoms with van der Waals surface area (Å²) in [5.74, 6) is 0. The number of nitriles is 1. The Bertz CT molecular complexity index is 305. The van der Waals surface area contributed by atoms with Gasteiger partial charge in [0.2, 0.25) is 0 Å². The van der Waals surface area contributed by atoms with Crippen LogP contribution in [0.2, 0.25) is 0 Å². The maximum Gasteiger partial charge on any atom is 0.126 e. The van der Waals surface area contributed by atoms with E-state index in [4.69, 9.17) is 0 Å². The van der Waals surface area contributed by atoms with Crippen molar-refractivity contribution in [3.05, 3.63) is 0 Å². The van der Waals surface area contributed by atoms with E-state index in [2.05, 4.69) is 21.2 Å². The van der Waals surface area contributed by atoms with E-state index in [0.29, 0.717) is 6.04 Å². The SMILES string of the molecule is N#CC1(N2CCNCC2)CCN2CCCC21. The highest BCUT2D eigenvalue weighted by Crippen LogP contribution is 2.39. The summed E-state index contributed by atoms with van der Waals surface area (Å²) in [4.78, 5) is 4.98. The molecule has 3 heterocycles. The molecule has 0 aromatic carbocycles. The Kier molecular flexibility index (Phi) is 2.62. The van der Waals surface area contributed by atoms with Crippen LogP contribution in [0, 0.1) is 11.3 Å². The number of nitrogens with one attached hydrogen (secondary N) is 1. The number of hydrogen-bond acceptors (Lipinski definition) is 4. The molecule has 0 spiro atoms. The van der Waals surface area contributed by atoms with Gasteiger partial charge in [-0.1, -0.05) is 0 Å². The van der Waals surface area contributed by atoms with E-state index in [1.807, 2.05) is 0 Å². The van der Waals surface area contributed by atoms with Crippen LogP contribution >= 0.6 is 0 Å². The second kappa shape index (κ2) is 3.99. The van der Waals surface area contributed by atoms with Crippen LogP contribution in [0.4, 0.5) is 0 Å². The lowest BCUT2D eigenvalue weighted by Gasteiger charge is -2.42. The number of nitrogens with zero attached hydrogens (tertiary/aromatic N) is 3. The summed E-state index contributed by atoms with van der Waals surface area (Å²) in [6.07, 6.45) is 3.55. The topological polar surface area (TPSA) is 42.3 Å². The van der Waals surface area contributed by atoms with E-state index in [-0.39, 0.29) is 5.54 Å². The molecule has 4 nitrogen and oxygen atoms in total. The van der Waals surface area contributed by atoms with Gasteiger partial charge in [-0.05, 0) is 25.8 Å². The monoisotopic (exact) mass is 220 g/mol. The Morgan fingerprint density at radius 1 is 1.19 bits per heavy atom. The van der Waals surface area contributed by atoms with Gasteiger partial charge in [-0.25, -0.2) is 0 Å². The van der Waals surface area contributed by atoms with Crippen molar-refractivity contribution in [3.63, 3.8) is 0 Å². The van der Waals surface area contributed by atoms with E-state index < -0.39 is 0 Å². The molecule has 88 valence electrons. The van der Waals surface area contributed by atoms with Crippen molar-refractivity contribution in [2.75, 3.05) is 39.3 Å². The van der Waals surface area contributed by atoms with Gasteiger partial charge in [0, 0.05) is 38.8 Å². The molecule has 3 aliphatic rings. The second-order valence-corrected chi connectivity index (χ2v) is 5.22. The molecule has 0 aliphatic carbocycles. The van der Waals surface area contributed by atoms with E-state index in [0.717, 1.165) is 39.1 Å². The van der Waals surface area contributed by atoms with Crippen LogP contribution in [-0.2, 0) is 0 Å². The standard InChI is InChI=1S/C12H20N4/c13-10-12(16-8-4-14-5-9-16)3-7-15-6-1-2-11(12)15/h11,14H,1-9H2. The molecular weight excluding hydrogens is 200 g/mol. The zero-order valence-electron chi connectivity index (χ0n) is 9.78. The molecule has 1 N–H and O–H groups in total. The van der Waals surface area contributed by atoms with Crippen molar-refractivity contribution >= 4 is 0 Å². The largest absolute Gasteiger partial charge is 0.314 e. The molecule has 3 fully saturated rings. The third-order valence-electron chi connectivity index (χ3n) is 4.57. The molecule has 3 saturated heterocycles. The number of piperazine rings is 1. The van der Waals surface area contributed by atoms with Crippen LogP contribution < -0.4 is 5.32 Å². The summed E-state index contributed by atoms with van der Waals surface area (Å²) in [5.41, 5.74) is -0.168. The van der Waals surface area contributed by atoms with Crippen LogP contribution in [0.5, 0.6) is 0 Å². The normalized spacial score (nSPS) is 40.8. The molecule has 0 saturated carbocycles. The Morgan fingerprint density at radius 3 is 2.75 bits per heavy atom. The first-order chi connectivity index (χ1) is 7.87. The van der Waals surface area contributed by atoms with Gasteiger partial charge in [0.25, 0.3) is 0 Å². The first-order valence-electron chi connectivity index (χ1n) is 6.48. The highest BCUT2D eigenvalue weighted by atomic mass is 15.3. The van der Waals surface area contributed by atoms with Crippen molar-refractivity contribution in [1.29, 1.82) is 5.26 Å². The van der Waals surface area contributed by atoms with Crippen LogP contribution in [0.3, 0.4) is 0 Å². The molecule has 16 heavy (non-hydrogen) atoms. The fourth-order valence-corrected chi connectivity index (χ4v) is 3.75. The Hall–Kier alpha value is -0.630. The van der Waals surface area contributed by atoms with Gasteiger partial charge in [-0.15, -0.1) is 0 Å². The zero-order chi connectivity index (χ0) is 11.0. The molecule has 0 aromatic rings. The highest BCUT2D eigenvalue weighted by molar-refractivity contribution is 5.21. The summed E-state index contributed by atoms with van der Waals surface area (Å²) in [5, 5.41) is 13.1. The van der Waals surface area contributed by atoms with Crippen LogP contribution in [0.15, 0.2) is 0 Å². The van der Waals surface area contributed by atoms with Crippen molar-refractivity contribution in [2.45, 2.75) is 30.8 Å². The quantitative estimate of drug-likeness (QED) is 0.676. The lowest BCUT2D eigenvalue weighted by Crippen LogP contribution is -2.59. The molecule has 2 unspecified atom stereocenters. The van der Waals surface area contributed by atoms with Gasteiger partial charge < -0.3 is 5.32 Å². The van der Waals surface area contributed by atoms with E-state index in [1.165, 1.54) is 19.4 Å². The summed E-state index contributed by atoms with van der Waals surface area (Å²) in [6, 6.07) is 3.18. The lowest BCUT2D eigenvalue weighted by atomic mass is 9.87. The van der Waals surface area contributed by atoms with Gasteiger partial charge in [0.05, 0.1) is 6.07 Å². The first-order valence-corrected chi connectivity index (χ1v) is 6.48. The smallest absolute Gasteiger partial charge is 0.126 e. The summed E-state index contributed by atoms with van der Waals surface area (Å²) < 4.78 is 0. The van der Waals surface area contributed by atoms with Crippen LogP contribution in [0.1, 0.15) is 19.3 Å². The molecule has 4 heteroatoms. The van der Waals surface area contributed by atoms with Gasteiger partial charge >= 0.3 is 0 Å². The molecular formula is C12H20N4. The predicted octanol–water partition coefficient (Wildman–Crippen LogP) is 0.0221. The lowest BCUT2D eigenvalue weighted by molar-refractivity contribution is 0.0911. The first kappa shape index (κ1) is 10.5. The highest BCUT2D eigenvalue weighted by Gasteiger charge is 2.53. The number of fused-ring (bicyclic) bond motifs is 1. The summed E-state index contributed by atoms with van der Waals surface area (Å²) in [7, 11) is 0. The molecule has 3 aliphatic heterocycles. The molecule has 0 amide bonds. The molecule has 0 radical (unpaired) electrons. The maximum absolute atomic E-state index is 9.68. The third kappa shape index (κ3) is 1.39. The van der Waals surface area contributed by atoms with E-state index in [9.17, 15) is 5.26 Å². The fourth-order valence-electron chi connectivity index (χ4n) is 3.75. The van der Waals surface area contributed by atoms with Crippen molar-refractivity contribution < 1.29 is 0 Å². The minimum atomic E-state index is -0.168. The summed E-state index contributed by atoms with van der Waals surface area (Å²) >= 11 is 0. The zero-order valence-corrected chi connectivity index (χ0v) is 9.78. The van der Waals surface area contributed by atoms with Gasteiger partial charge in [0.1, 0.15) is 5.54 Å². The van der Waals surface area contributed by atoms with Gasteiger partial charge in [0.15, 0.2) is 0 Å². The van der Waals surface area contributed by atoms with E-state index >= 15 is 0 Å². The Morgan fingerprint density at radius 2 is 2.00 bits per heavy atom. The van der Waals surface area contributed by atoms with Crippen LogP contribution in [0.25, 0.3) is 0 Å². The van der Waals surface area contributed by atoms with Crippen molar-refractivity contribution in [2.24, 2.45) is 0 Å². The second-order valence-electron chi connectivity index (χ2n) is 5.22. The van der Waals surface area contributed by atoms with Gasteiger partial charge in [-0.2, -0.15) is 5.26 Å². The molecule has 0 aromatic heterocycles. The van der Waals surface area contributed by atoms with Crippen LogP contribution in [-0.4, -0.2) is 60.6 Å². The summed E-state index contributed by atoms with van der Waals surface area (Å²) in [6.45, 7) is 6.49. The number of hydrogen-bond donors (Lipinski definition) is 1. The third-order valence-corrected chi connectivity index (χ3v) is 4.57. The van der Waals surface area contributed by atoms with E-state index in [1.54, 1.807) is 0 Å². The fraction of sp³-hybridized carbons (Fsp3) is 0.917. The Labute approximate surface area is 97.2 Å². The van der Waals surface area contributed by atoms with Gasteiger partial charge in [-0.3, -0.25) is 9.80 Å². The molecule has 2 atom stereocenters. The predicted molar refractivity (Wildman–Crippen MR) is 62.0 cm³/mol. The van der Waals surface area contributed by atoms with Crippen molar-refractivity contribution in [1.82, 2.24) is 15.1 Å².